The Balaban J connectivity index is 2.65. The number of benzene rings is 1. The van der Waals surface area contributed by atoms with E-state index in [9.17, 15) is 4.79 Å². The molecule has 2 aromatic rings. The van der Waals surface area contributed by atoms with Gasteiger partial charge in [0.05, 0.1) is 13.7 Å². The molecule has 0 saturated carbocycles. The number of allylic oxidation sites excluding steroid dienone is 1. The van der Waals surface area contributed by atoms with Crippen LogP contribution in [0.5, 0.6) is 5.75 Å². The molecular weight excluding hydrogens is 292 g/mol. The molecule has 0 unspecified atom stereocenters. The van der Waals surface area contributed by atoms with Crippen LogP contribution >= 0.6 is 0 Å². The fourth-order valence-electron chi connectivity index (χ4n) is 2.41. The Bertz CT molecular complexity index is 829. The lowest BCUT2D eigenvalue weighted by Crippen LogP contribution is -2.10. The maximum absolute atomic E-state index is 11.8. The Morgan fingerprint density at radius 1 is 1.30 bits per heavy atom. The zero-order valence-corrected chi connectivity index (χ0v) is 13.3. The maximum Gasteiger partial charge on any atom is 0.266 e. The van der Waals surface area contributed by atoms with Gasteiger partial charge >= 0.3 is 0 Å². The van der Waals surface area contributed by atoms with Crippen LogP contribution in [0.2, 0.25) is 0 Å². The van der Waals surface area contributed by atoms with E-state index in [0.717, 1.165) is 22.4 Å². The Kier molecular flexibility index (Phi) is 5.34. The average Bonchev–Trinajstić information content (AvgIpc) is 2.55. The zero-order chi connectivity index (χ0) is 16.8. The average molecular weight is 310 g/mol. The van der Waals surface area contributed by atoms with E-state index in [0.29, 0.717) is 12.3 Å². The summed E-state index contributed by atoms with van der Waals surface area (Å²) in [5.74, 6) is 0.740. The van der Waals surface area contributed by atoms with Crippen LogP contribution in [0.25, 0.3) is 17.3 Å². The van der Waals surface area contributed by atoms with Gasteiger partial charge in [-0.3, -0.25) is 4.79 Å². The molecule has 0 amide bonds. The van der Waals surface area contributed by atoms with Crippen LogP contribution in [0.1, 0.15) is 23.6 Å². The number of ether oxygens (including phenoxy) is 2. The second kappa shape index (κ2) is 7.43. The lowest BCUT2D eigenvalue weighted by Gasteiger charge is -2.14. The second-order valence-electron chi connectivity index (χ2n) is 4.92. The highest BCUT2D eigenvalue weighted by Crippen LogP contribution is 2.31. The van der Waals surface area contributed by atoms with Crippen LogP contribution in [0.4, 0.5) is 0 Å². The van der Waals surface area contributed by atoms with E-state index < -0.39 is 5.56 Å². The molecular formula is C18H18N2O3. The van der Waals surface area contributed by atoms with Gasteiger partial charge in [0.1, 0.15) is 17.4 Å². The first-order chi connectivity index (χ1) is 11.1. The summed E-state index contributed by atoms with van der Waals surface area (Å²) in [6, 6.07) is 8.93. The van der Waals surface area contributed by atoms with Crippen molar-refractivity contribution in [2.45, 2.75) is 13.5 Å². The van der Waals surface area contributed by atoms with E-state index in [1.807, 2.05) is 37.3 Å². The van der Waals surface area contributed by atoms with Crippen molar-refractivity contribution < 1.29 is 9.47 Å². The van der Waals surface area contributed by atoms with E-state index in [2.05, 4.69) is 4.98 Å². The number of H-pyrrole nitrogens is 1. The number of hydrogen-bond acceptors (Lipinski definition) is 4. The molecule has 1 heterocycles. The monoisotopic (exact) mass is 310 g/mol. The number of aromatic nitrogens is 1. The number of nitrogens with one attached hydrogen (secondary N) is 1. The number of methoxy groups -OCH3 is 2. The fourth-order valence-corrected chi connectivity index (χ4v) is 2.41. The highest BCUT2D eigenvalue weighted by Gasteiger charge is 2.12. The van der Waals surface area contributed by atoms with Crippen LogP contribution in [-0.4, -0.2) is 19.2 Å². The van der Waals surface area contributed by atoms with Crippen LogP contribution in [-0.2, 0) is 11.3 Å². The molecule has 1 aromatic carbocycles. The number of rotatable bonds is 5. The molecule has 0 spiro atoms. The third-order valence-corrected chi connectivity index (χ3v) is 3.39. The van der Waals surface area contributed by atoms with E-state index in [4.69, 9.17) is 14.7 Å². The Hall–Kier alpha value is -2.84. The van der Waals surface area contributed by atoms with Gasteiger partial charge in [-0.05, 0) is 36.8 Å². The molecule has 5 heteroatoms. The summed E-state index contributed by atoms with van der Waals surface area (Å²) in [5, 5.41) is 8.86. The number of pyridine rings is 1. The van der Waals surface area contributed by atoms with Crippen molar-refractivity contribution in [3.05, 3.63) is 57.4 Å². The van der Waals surface area contributed by atoms with Crippen molar-refractivity contribution in [3.63, 3.8) is 0 Å². The quantitative estimate of drug-likeness (QED) is 0.920. The Morgan fingerprint density at radius 3 is 2.65 bits per heavy atom. The number of nitriles is 1. The van der Waals surface area contributed by atoms with Crippen molar-refractivity contribution in [2.24, 2.45) is 0 Å². The summed E-state index contributed by atoms with van der Waals surface area (Å²) < 4.78 is 10.7. The van der Waals surface area contributed by atoms with Gasteiger partial charge < -0.3 is 14.5 Å². The molecule has 2 rings (SSSR count). The molecule has 0 aliphatic heterocycles. The van der Waals surface area contributed by atoms with Crippen LogP contribution in [0, 0.1) is 11.3 Å². The topological polar surface area (TPSA) is 75.1 Å². The van der Waals surface area contributed by atoms with Crippen molar-refractivity contribution in [1.82, 2.24) is 4.98 Å². The van der Waals surface area contributed by atoms with E-state index in [1.54, 1.807) is 20.3 Å². The Morgan fingerprint density at radius 2 is 2.09 bits per heavy atom. The summed E-state index contributed by atoms with van der Waals surface area (Å²) >= 11 is 0. The molecule has 0 fully saturated rings. The summed E-state index contributed by atoms with van der Waals surface area (Å²) in [7, 11) is 3.23. The lowest BCUT2D eigenvalue weighted by atomic mass is 10.0. The van der Waals surface area contributed by atoms with Crippen molar-refractivity contribution in [3.8, 4) is 23.1 Å². The third-order valence-electron chi connectivity index (χ3n) is 3.39. The van der Waals surface area contributed by atoms with Gasteiger partial charge in [0.15, 0.2) is 0 Å². The van der Waals surface area contributed by atoms with E-state index in [-0.39, 0.29) is 5.56 Å². The molecule has 0 radical (unpaired) electrons. The molecule has 0 aliphatic rings. The maximum atomic E-state index is 11.8. The van der Waals surface area contributed by atoms with E-state index in [1.165, 1.54) is 6.07 Å². The standard InChI is InChI=1S/C18H18N2O3/c1-4-5-12-8-14(9-15(11-22-2)17(12)23-3)16-7-6-13(10-19)18(21)20-16/h4-9H,11H2,1-3H3,(H,20,21)/b5-4+. The Labute approximate surface area is 134 Å². The molecule has 1 aromatic heterocycles. The van der Waals surface area contributed by atoms with Gasteiger partial charge in [-0.2, -0.15) is 5.26 Å². The van der Waals surface area contributed by atoms with Gasteiger partial charge in [0.25, 0.3) is 5.56 Å². The first kappa shape index (κ1) is 16.5. The van der Waals surface area contributed by atoms with Crippen LogP contribution in [0.3, 0.4) is 0 Å². The van der Waals surface area contributed by atoms with Gasteiger partial charge in [-0.25, -0.2) is 0 Å². The first-order valence-electron chi connectivity index (χ1n) is 7.11. The number of hydrogen-bond donors (Lipinski definition) is 1. The van der Waals surface area contributed by atoms with Gasteiger partial charge in [-0.1, -0.05) is 12.2 Å². The van der Waals surface area contributed by atoms with Gasteiger partial charge in [0.2, 0.25) is 0 Å². The molecule has 118 valence electrons. The van der Waals surface area contributed by atoms with Crippen LogP contribution in [0.15, 0.2) is 35.1 Å². The predicted octanol–water partition coefficient (Wildman–Crippen LogP) is 3.10. The molecule has 0 aliphatic carbocycles. The predicted molar refractivity (Wildman–Crippen MR) is 89.2 cm³/mol. The third kappa shape index (κ3) is 3.50. The highest BCUT2D eigenvalue weighted by atomic mass is 16.5. The van der Waals surface area contributed by atoms with Gasteiger partial charge in [-0.15, -0.1) is 0 Å². The van der Waals surface area contributed by atoms with Gasteiger partial charge in [0, 0.05) is 23.9 Å². The SMILES string of the molecule is C/C=C/c1cc(-c2ccc(C#N)c(=O)[nH]2)cc(COC)c1OC. The van der Waals surface area contributed by atoms with E-state index >= 15 is 0 Å². The minimum atomic E-state index is -0.401. The highest BCUT2D eigenvalue weighted by molar-refractivity contribution is 5.70. The fraction of sp³-hybridized carbons (Fsp3) is 0.222. The summed E-state index contributed by atoms with van der Waals surface area (Å²) in [6.45, 7) is 2.31. The molecule has 23 heavy (non-hydrogen) atoms. The van der Waals surface area contributed by atoms with Crippen LogP contribution < -0.4 is 10.3 Å². The van der Waals surface area contributed by atoms with Crippen molar-refractivity contribution in [1.29, 1.82) is 5.26 Å². The minimum Gasteiger partial charge on any atom is -0.496 e. The largest absolute Gasteiger partial charge is 0.496 e. The molecule has 0 bridgehead atoms. The number of nitrogens with zero attached hydrogens (tertiary/aromatic N) is 1. The van der Waals surface area contributed by atoms with Crippen molar-refractivity contribution in [2.75, 3.05) is 14.2 Å². The molecule has 5 nitrogen and oxygen atoms in total. The normalized spacial score (nSPS) is 10.7. The smallest absolute Gasteiger partial charge is 0.266 e. The second-order valence-corrected chi connectivity index (χ2v) is 4.92. The minimum absolute atomic E-state index is 0.0908. The summed E-state index contributed by atoms with van der Waals surface area (Å²) in [6.07, 6.45) is 3.85. The number of aromatic amines is 1. The summed E-state index contributed by atoms with van der Waals surface area (Å²) in [5.41, 5.74) is 2.93. The molecule has 1 N–H and O–H groups in total. The summed E-state index contributed by atoms with van der Waals surface area (Å²) in [4.78, 5) is 14.6. The first-order valence-corrected chi connectivity index (χ1v) is 7.11. The van der Waals surface area contributed by atoms with Crippen molar-refractivity contribution >= 4 is 6.08 Å². The zero-order valence-electron chi connectivity index (χ0n) is 13.3. The molecule has 0 atom stereocenters. The molecule has 0 saturated heterocycles. The lowest BCUT2D eigenvalue weighted by molar-refractivity contribution is 0.181.